The fraction of sp³-hybridized carbons (Fsp3) is 0.571. The SMILES string of the molecule is CCN1CC2C[C@]2(c2ccc(C(F)(F)F)cc2)C1. The highest BCUT2D eigenvalue weighted by Crippen LogP contribution is 2.58. The first-order valence-corrected chi connectivity index (χ1v) is 6.36. The van der Waals surface area contributed by atoms with E-state index in [1.165, 1.54) is 12.1 Å². The lowest BCUT2D eigenvalue weighted by molar-refractivity contribution is -0.137. The maximum Gasteiger partial charge on any atom is 0.416 e. The molecule has 1 unspecified atom stereocenters. The van der Waals surface area contributed by atoms with Crippen molar-refractivity contribution in [3.8, 4) is 0 Å². The first kappa shape index (κ1) is 12.0. The van der Waals surface area contributed by atoms with E-state index in [1.54, 1.807) is 12.1 Å². The molecule has 3 rings (SSSR count). The summed E-state index contributed by atoms with van der Waals surface area (Å²) >= 11 is 0. The minimum absolute atomic E-state index is 0.153. The van der Waals surface area contributed by atoms with E-state index < -0.39 is 11.7 Å². The number of hydrogen-bond acceptors (Lipinski definition) is 1. The highest BCUT2D eigenvalue weighted by Gasteiger charge is 2.60. The number of likely N-dealkylation sites (N-methyl/N-ethyl adjacent to an activating group) is 1. The molecule has 4 heteroatoms. The van der Waals surface area contributed by atoms with Gasteiger partial charge < -0.3 is 4.90 Å². The second-order valence-electron chi connectivity index (χ2n) is 5.46. The van der Waals surface area contributed by atoms with Crippen molar-refractivity contribution in [2.75, 3.05) is 19.6 Å². The Balaban J connectivity index is 1.83. The molecule has 98 valence electrons. The van der Waals surface area contributed by atoms with Crippen LogP contribution in [-0.2, 0) is 11.6 Å². The van der Waals surface area contributed by atoms with Gasteiger partial charge in [-0.1, -0.05) is 19.1 Å². The minimum Gasteiger partial charge on any atom is -0.302 e. The summed E-state index contributed by atoms with van der Waals surface area (Å²) in [7, 11) is 0. The largest absolute Gasteiger partial charge is 0.416 e. The zero-order valence-corrected chi connectivity index (χ0v) is 10.3. The van der Waals surface area contributed by atoms with Gasteiger partial charge in [0.1, 0.15) is 0 Å². The Labute approximate surface area is 105 Å². The van der Waals surface area contributed by atoms with Crippen molar-refractivity contribution in [1.82, 2.24) is 4.90 Å². The smallest absolute Gasteiger partial charge is 0.302 e. The Morgan fingerprint density at radius 1 is 1.28 bits per heavy atom. The topological polar surface area (TPSA) is 3.24 Å². The molecule has 2 atom stereocenters. The summed E-state index contributed by atoms with van der Waals surface area (Å²) in [4.78, 5) is 2.38. The zero-order chi connectivity index (χ0) is 13.0. The number of benzene rings is 1. The number of nitrogens with zero attached hydrogens (tertiary/aromatic N) is 1. The van der Waals surface area contributed by atoms with Gasteiger partial charge >= 0.3 is 6.18 Å². The van der Waals surface area contributed by atoms with Gasteiger partial charge in [-0.15, -0.1) is 0 Å². The fourth-order valence-corrected chi connectivity index (χ4v) is 3.27. The van der Waals surface area contributed by atoms with E-state index in [0.29, 0.717) is 5.92 Å². The number of fused-ring (bicyclic) bond motifs is 1. The quantitative estimate of drug-likeness (QED) is 0.783. The number of rotatable bonds is 2. The molecule has 2 aliphatic rings. The van der Waals surface area contributed by atoms with Crippen LogP contribution < -0.4 is 0 Å². The predicted octanol–water partition coefficient (Wildman–Crippen LogP) is 3.30. The molecule has 0 bridgehead atoms. The van der Waals surface area contributed by atoms with Gasteiger partial charge in [0.25, 0.3) is 0 Å². The summed E-state index contributed by atoms with van der Waals surface area (Å²) in [6.07, 6.45) is -3.10. The first-order chi connectivity index (χ1) is 8.45. The van der Waals surface area contributed by atoms with Gasteiger partial charge in [-0.05, 0) is 36.6 Å². The maximum atomic E-state index is 12.5. The molecule has 1 nitrogen and oxygen atoms in total. The molecular formula is C14H16F3N. The molecule has 0 radical (unpaired) electrons. The molecule has 1 aliphatic heterocycles. The first-order valence-electron chi connectivity index (χ1n) is 6.36. The summed E-state index contributed by atoms with van der Waals surface area (Å²) in [5, 5.41) is 0. The van der Waals surface area contributed by atoms with Crippen LogP contribution in [0.3, 0.4) is 0 Å². The lowest BCUT2D eigenvalue weighted by atomic mass is 9.94. The van der Waals surface area contributed by atoms with Crippen molar-refractivity contribution in [3.05, 3.63) is 35.4 Å². The van der Waals surface area contributed by atoms with Gasteiger partial charge in [0, 0.05) is 18.5 Å². The van der Waals surface area contributed by atoms with Crippen LogP contribution in [0, 0.1) is 5.92 Å². The molecule has 0 amide bonds. The molecule has 0 aromatic heterocycles. The van der Waals surface area contributed by atoms with Crippen molar-refractivity contribution in [3.63, 3.8) is 0 Å². The average molecular weight is 255 g/mol. The summed E-state index contributed by atoms with van der Waals surface area (Å²) < 4.78 is 37.5. The van der Waals surface area contributed by atoms with Crippen molar-refractivity contribution in [1.29, 1.82) is 0 Å². The van der Waals surface area contributed by atoms with Crippen LogP contribution in [0.15, 0.2) is 24.3 Å². The van der Waals surface area contributed by atoms with Crippen molar-refractivity contribution in [2.24, 2.45) is 5.92 Å². The fourth-order valence-electron chi connectivity index (χ4n) is 3.27. The standard InChI is InChI=1S/C14H16F3N/c1-2-18-8-12-7-13(12,9-18)10-3-5-11(6-4-10)14(15,16)17/h3-6,12H,2,7-9H2,1H3/t12?,13-/m1/s1. The Morgan fingerprint density at radius 3 is 2.44 bits per heavy atom. The Hall–Kier alpha value is -1.03. The number of alkyl halides is 3. The molecule has 1 aliphatic carbocycles. The number of likely N-dealkylation sites (tertiary alicyclic amines) is 1. The maximum absolute atomic E-state index is 12.5. The van der Waals surface area contributed by atoms with E-state index in [9.17, 15) is 13.2 Å². The van der Waals surface area contributed by atoms with Crippen molar-refractivity contribution in [2.45, 2.75) is 24.9 Å². The van der Waals surface area contributed by atoms with Gasteiger partial charge in [-0.2, -0.15) is 13.2 Å². The van der Waals surface area contributed by atoms with Crippen LogP contribution in [0.2, 0.25) is 0 Å². The van der Waals surface area contributed by atoms with E-state index in [2.05, 4.69) is 11.8 Å². The molecular weight excluding hydrogens is 239 g/mol. The van der Waals surface area contributed by atoms with Crippen LogP contribution in [0.1, 0.15) is 24.5 Å². The minimum atomic E-state index is -4.23. The van der Waals surface area contributed by atoms with Gasteiger partial charge in [0.15, 0.2) is 0 Å². The molecule has 0 N–H and O–H groups in total. The molecule has 1 saturated heterocycles. The Morgan fingerprint density at radius 2 is 1.94 bits per heavy atom. The summed E-state index contributed by atoms with van der Waals surface area (Å²) in [5.74, 6) is 0.647. The van der Waals surface area contributed by atoms with Gasteiger partial charge in [-0.3, -0.25) is 0 Å². The van der Waals surface area contributed by atoms with Gasteiger partial charge in [0.2, 0.25) is 0 Å². The second kappa shape index (κ2) is 3.73. The average Bonchev–Trinajstić information content (AvgIpc) is 2.91. The third-order valence-corrected chi connectivity index (χ3v) is 4.45. The highest BCUT2D eigenvalue weighted by molar-refractivity contribution is 5.39. The number of hydrogen-bond donors (Lipinski definition) is 0. The van der Waals surface area contributed by atoms with Crippen molar-refractivity contribution < 1.29 is 13.2 Å². The molecule has 1 aromatic rings. The lowest BCUT2D eigenvalue weighted by Crippen LogP contribution is -2.26. The number of piperidine rings is 1. The molecule has 2 fully saturated rings. The highest BCUT2D eigenvalue weighted by atomic mass is 19.4. The number of halogens is 3. The van der Waals surface area contributed by atoms with Crippen LogP contribution in [0.5, 0.6) is 0 Å². The molecule has 1 heterocycles. The van der Waals surface area contributed by atoms with E-state index in [-0.39, 0.29) is 5.41 Å². The summed E-state index contributed by atoms with van der Waals surface area (Å²) in [5.41, 5.74) is 0.682. The predicted molar refractivity (Wildman–Crippen MR) is 63.3 cm³/mol. The zero-order valence-electron chi connectivity index (χ0n) is 10.3. The molecule has 0 spiro atoms. The molecule has 1 aromatic carbocycles. The Kier molecular flexibility index (Phi) is 2.49. The van der Waals surface area contributed by atoms with Crippen LogP contribution in [0.25, 0.3) is 0 Å². The summed E-state index contributed by atoms with van der Waals surface area (Å²) in [6, 6.07) is 5.77. The van der Waals surface area contributed by atoms with Gasteiger partial charge in [0.05, 0.1) is 5.56 Å². The van der Waals surface area contributed by atoms with Gasteiger partial charge in [-0.25, -0.2) is 0 Å². The van der Waals surface area contributed by atoms with E-state index in [1.807, 2.05) is 0 Å². The second-order valence-corrected chi connectivity index (χ2v) is 5.46. The van der Waals surface area contributed by atoms with Crippen LogP contribution in [0.4, 0.5) is 13.2 Å². The van der Waals surface area contributed by atoms with Crippen LogP contribution >= 0.6 is 0 Å². The Bertz CT molecular complexity index is 451. The van der Waals surface area contributed by atoms with Crippen molar-refractivity contribution >= 4 is 0 Å². The third-order valence-electron chi connectivity index (χ3n) is 4.45. The molecule has 18 heavy (non-hydrogen) atoms. The third kappa shape index (κ3) is 1.74. The normalized spacial score (nSPS) is 31.4. The lowest BCUT2D eigenvalue weighted by Gasteiger charge is -2.19. The van der Waals surface area contributed by atoms with E-state index >= 15 is 0 Å². The molecule has 1 saturated carbocycles. The monoisotopic (exact) mass is 255 g/mol. The summed E-state index contributed by atoms with van der Waals surface area (Å²) in [6.45, 7) is 5.25. The van der Waals surface area contributed by atoms with E-state index in [4.69, 9.17) is 0 Å². The van der Waals surface area contributed by atoms with Crippen LogP contribution in [-0.4, -0.2) is 24.5 Å². The van der Waals surface area contributed by atoms with E-state index in [0.717, 1.165) is 31.6 Å².